The molecule has 2 atom stereocenters. The summed E-state index contributed by atoms with van der Waals surface area (Å²) in [5.74, 6) is 1.59. The van der Waals surface area contributed by atoms with Gasteiger partial charge < -0.3 is 0 Å². The Balaban J connectivity index is 1.98. The van der Waals surface area contributed by atoms with Crippen molar-refractivity contribution in [2.45, 2.75) is 83.5 Å². The van der Waals surface area contributed by atoms with Gasteiger partial charge in [0.25, 0.3) is 0 Å². The van der Waals surface area contributed by atoms with Crippen LogP contribution in [0.2, 0.25) is 0 Å². The van der Waals surface area contributed by atoms with Crippen LogP contribution in [0.1, 0.15) is 88.3 Å². The fourth-order valence-electron chi connectivity index (χ4n) is 4.64. The molecule has 1 aromatic rings. The van der Waals surface area contributed by atoms with Crippen molar-refractivity contribution in [2.75, 3.05) is 0 Å². The summed E-state index contributed by atoms with van der Waals surface area (Å²) in [7, 11) is 0. The lowest BCUT2D eigenvalue weighted by molar-refractivity contribution is 0.200. The summed E-state index contributed by atoms with van der Waals surface area (Å²) < 4.78 is 0. The second-order valence-corrected chi connectivity index (χ2v) is 7.68. The van der Waals surface area contributed by atoms with E-state index in [1.807, 2.05) is 0 Å². The third kappa shape index (κ3) is 2.43. The van der Waals surface area contributed by atoms with Crippen molar-refractivity contribution in [1.29, 1.82) is 0 Å². The van der Waals surface area contributed by atoms with E-state index >= 15 is 0 Å². The van der Waals surface area contributed by atoms with Crippen LogP contribution in [0.25, 0.3) is 0 Å². The molecule has 1 fully saturated rings. The average Bonchev–Trinajstić information content (AvgIpc) is 2.41. The molecule has 0 heterocycles. The van der Waals surface area contributed by atoms with E-state index in [9.17, 15) is 0 Å². The van der Waals surface area contributed by atoms with Gasteiger partial charge in [-0.2, -0.15) is 0 Å². The third-order valence-electron chi connectivity index (χ3n) is 6.07. The highest BCUT2D eigenvalue weighted by atomic mass is 14.4. The van der Waals surface area contributed by atoms with E-state index in [1.54, 1.807) is 11.1 Å². The highest BCUT2D eigenvalue weighted by Gasteiger charge is 2.39. The van der Waals surface area contributed by atoms with Crippen LogP contribution in [0.3, 0.4) is 0 Å². The molecule has 110 valence electrons. The van der Waals surface area contributed by atoms with Crippen molar-refractivity contribution < 1.29 is 0 Å². The molecule has 2 aliphatic carbocycles. The van der Waals surface area contributed by atoms with E-state index in [4.69, 9.17) is 0 Å². The molecule has 0 radical (unpaired) electrons. The van der Waals surface area contributed by atoms with Crippen LogP contribution in [0, 0.1) is 5.92 Å². The molecule has 20 heavy (non-hydrogen) atoms. The zero-order chi connectivity index (χ0) is 14.2. The molecule has 1 saturated carbocycles. The van der Waals surface area contributed by atoms with Gasteiger partial charge in [-0.3, -0.25) is 0 Å². The molecule has 0 aliphatic heterocycles. The first kappa shape index (κ1) is 14.2. The molecule has 1 aromatic carbocycles. The van der Waals surface area contributed by atoms with Gasteiger partial charge in [-0.1, -0.05) is 64.7 Å². The fraction of sp³-hybridized carbons (Fsp3) is 0.700. The molecule has 0 nitrogen and oxygen atoms in total. The van der Waals surface area contributed by atoms with Gasteiger partial charge in [-0.25, -0.2) is 0 Å². The summed E-state index contributed by atoms with van der Waals surface area (Å²) in [6.07, 6.45) is 11.4. The number of aryl methyl sites for hydroxylation is 1. The van der Waals surface area contributed by atoms with E-state index in [0.29, 0.717) is 11.3 Å². The van der Waals surface area contributed by atoms with Crippen LogP contribution >= 0.6 is 0 Å². The number of rotatable bonds is 1. The minimum absolute atomic E-state index is 0.462. The summed E-state index contributed by atoms with van der Waals surface area (Å²) >= 11 is 0. The zero-order valence-electron chi connectivity index (χ0n) is 13.5. The molecule has 0 heteroatoms. The first-order chi connectivity index (χ1) is 9.61. The van der Waals surface area contributed by atoms with Crippen LogP contribution in [-0.4, -0.2) is 0 Å². The summed E-state index contributed by atoms with van der Waals surface area (Å²) in [4.78, 5) is 0. The second-order valence-electron chi connectivity index (χ2n) is 7.68. The fourth-order valence-corrected chi connectivity index (χ4v) is 4.64. The van der Waals surface area contributed by atoms with Crippen LogP contribution in [-0.2, 0) is 11.8 Å². The number of fused-ring (bicyclic) bond motifs is 3. The Morgan fingerprint density at radius 1 is 1.05 bits per heavy atom. The lowest BCUT2D eigenvalue weighted by Crippen LogP contribution is -2.37. The minimum atomic E-state index is 0.462. The third-order valence-corrected chi connectivity index (χ3v) is 6.07. The van der Waals surface area contributed by atoms with Gasteiger partial charge in [-0.15, -0.1) is 0 Å². The van der Waals surface area contributed by atoms with Crippen molar-refractivity contribution >= 4 is 0 Å². The molecular formula is C20H30. The van der Waals surface area contributed by atoms with Gasteiger partial charge in [0.2, 0.25) is 0 Å². The zero-order valence-corrected chi connectivity index (χ0v) is 13.5. The molecule has 0 aromatic heterocycles. The van der Waals surface area contributed by atoms with E-state index in [1.165, 1.54) is 56.9 Å². The molecule has 0 saturated heterocycles. The normalized spacial score (nSPS) is 30.3. The van der Waals surface area contributed by atoms with Gasteiger partial charge >= 0.3 is 0 Å². The molecule has 2 aliphatic rings. The van der Waals surface area contributed by atoms with E-state index in [2.05, 4.69) is 39.0 Å². The molecule has 1 unspecified atom stereocenters. The summed E-state index contributed by atoms with van der Waals surface area (Å²) in [6, 6.07) is 7.40. The lowest BCUT2D eigenvalue weighted by Gasteiger charge is -2.45. The first-order valence-electron chi connectivity index (χ1n) is 8.74. The topological polar surface area (TPSA) is 0 Å². The Morgan fingerprint density at radius 2 is 1.85 bits per heavy atom. The van der Waals surface area contributed by atoms with Crippen molar-refractivity contribution in [2.24, 2.45) is 5.92 Å². The SMILES string of the molecule is CC(C)c1ccc2c(c1)CCC1CCCCCC[C@]21C. The standard InChI is InChI=1S/C20H30/c1-15(2)16-10-12-19-17(14-16)9-11-18-8-6-4-5-7-13-20(18,19)3/h10,12,14-15,18H,4-9,11,13H2,1-3H3/t18?,20-/m0/s1. The monoisotopic (exact) mass is 270 g/mol. The summed E-state index contributed by atoms with van der Waals surface area (Å²) in [6.45, 7) is 7.19. The maximum atomic E-state index is 2.57. The Kier molecular flexibility index (Phi) is 3.93. The molecule has 0 amide bonds. The van der Waals surface area contributed by atoms with Crippen molar-refractivity contribution in [3.05, 3.63) is 34.9 Å². The van der Waals surface area contributed by atoms with Crippen LogP contribution in [0.5, 0.6) is 0 Å². The van der Waals surface area contributed by atoms with Crippen LogP contribution in [0.15, 0.2) is 18.2 Å². The van der Waals surface area contributed by atoms with E-state index in [-0.39, 0.29) is 0 Å². The largest absolute Gasteiger partial charge is 0.0587 e. The average molecular weight is 270 g/mol. The molecule has 0 bridgehead atoms. The van der Waals surface area contributed by atoms with Gasteiger partial charge in [0.05, 0.1) is 0 Å². The molecule has 3 rings (SSSR count). The maximum Gasteiger partial charge on any atom is -0.00442 e. The Morgan fingerprint density at radius 3 is 2.65 bits per heavy atom. The highest BCUT2D eigenvalue weighted by Crippen LogP contribution is 2.48. The Bertz CT molecular complexity index is 471. The first-order valence-corrected chi connectivity index (χ1v) is 8.74. The number of benzene rings is 1. The highest BCUT2D eigenvalue weighted by molar-refractivity contribution is 5.41. The molecule has 0 N–H and O–H groups in total. The summed E-state index contributed by atoms with van der Waals surface area (Å²) in [5, 5.41) is 0. The quantitative estimate of drug-likeness (QED) is 0.588. The Labute approximate surface area is 125 Å². The minimum Gasteiger partial charge on any atom is -0.0587 e. The van der Waals surface area contributed by atoms with Gasteiger partial charge in [0.1, 0.15) is 0 Å². The van der Waals surface area contributed by atoms with Gasteiger partial charge in [0, 0.05) is 0 Å². The van der Waals surface area contributed by atoms with Gasteiger partial charge in [0.15, 0.2) is 0 Å². The lowest BCUT2D eigenvalue weighted by atomic mass is 9.60. The van der Waals surface area contributed by atoms with Crippen molar-refractivity contribution in [3.8, 4) is 0 Å². The van der Waals surface area contributed by atoms with Crippen LogP contribution < -0.4 is 0 Å². The Hall–Kier alpha value is -0.780. The molecule has 0 spiro atoms. The predicted octanol–water partition coefficient (Wildman–Crippen LogP) is 5.98. The van der Waals surface area contributed by atoms with E-state index in [0.717, 1.165) is 5.92 Å². The van der Waals surface area contributed by atoms with Crippen LogP contribution in [0.4, 0.5) is 0 Å². The van der Waals surface area contributed by atoms with Crippen molar-refractivity contribution in [3.63, 3.8) is 0 Å². The molecular weight excluding hydrogens is 240 g/mol. The second kappa shape index (κ2) is 5.54. The number of hydrogen-bond donors (Lipinski definition) is 0. The van der Waals surface area contributed by atoms with Gasteiger partial charge in [-0.05, 0) is 59.6 Å². The number of hydrogen-bond acceptors (Lipinski definition) is 0. The van der Waals surface area contributed by atoms with Crippen molar-refractivity contribution in [1.82, 2.24) is 0 Å². The smallest absolute Gasteiger partial charge is 0.00442 e. The predicted molar refractivity (Wildman–Crippen MR) is 87.4 cm³/mol. The maximum absolute atomic E-state index is 2.57. The van der Waals surface area contributed by atoms with E-state index < -0.39 is 0 Å². The summed E-state index contributed by atoms with van der Waals surface area (Å²) in [5.41, 5.74) is 5.34.